The first kappa shape index (κ1) is 18.9. The number of likely N-dealkylation sites (tertiary alicyclic amines) is 1. The van der Waals surface area contributed by atoms with Crippen molar-refractivity contribution >= 4 is 45.0 Å². The van der Waals surface area contributed by atoms with E-state index in [1.807, 2.05) is 31.2 Å². The number of aryl methyl sites for hydroxylation is 2. The van der Waals surface area contributed by atoms with E-state index in [9.17, 15) is 9.59 Å². The summed E-state index contributed by atoms with van der Waals surface area (Å²) in [5.41, 5.74) is 2.51. The van der Waals surface area contributed by atoms with E-state index in [0.717, 1.165) is 23.4 Å². The number of benzene rings is 1. The first-order valence-electron chi connectivity index (χ1n) is 8.36. The second kappa shape index (κ2) is 7.40. The van der Waals surface area contributed by atoms with E-state index in [1.165, 1.54) is 0 Å². The Hall–Kier alpha value is -1.86. The molecule has 1 saturated heterocycles. The van der Waals surface area contributed by atoms with Gasteiger partial charge in [-0.3, -0.25) is 14.3 Å². The quantitative estimate of drug-likeness (QED) is 0.744. The fourth-order valence-electron chi connectivity index (χ4n) is 3.48. The molecule has 1 fully saturated rings. The number of nitrogens with zero attached hydrogens (tertiary/aromatic N) is 3. The molecule has 0 aliphatic carbocycles. The van der Waals surface area contributed by atoms with Crippen molar-refractivity contribution in [2.45, 2.75) is 19.3 Å². The van der Waals surface area contributed by atoms with Crippen LogP contribution in [0.2, 0.25) is 5.15 Å². The van der Waals surface area contributed by atoms with Crippen LogP contribution in [0, 0.1) is 5.92 Å². The number of aromatic nitrogens is 2. The van der Waals surface area contributed by atoms with E-state index in [2.05, 4.69) is 26.3 Å². The van der Waals surface area contributed by atoms with Crippen molar-refractivity contribution in [2.75, 3.05) is 18.9 Å². The Morgan fingerprint density at radius 2 is 2.08 bits per heavy atom. The van der Waals surface area contributed by atoms with Crippen molar-refractivity contribution < 1.29 is 9.59 Å². The zero-order chi connectivity index (χ0) is 19.0. The van der Waals surface area contributed by atoms with Crippen LogP contribution in [-0.2, 0) is 23.1 Å². The Kier molecular flexibility index (Phi) is 5.39. The summed E-state index contributed by atoms with van der Waals surface area (Å²) in [6.45, 7) is 2.46. The van der Waals surface area contributed by atoms with Gasteiger partial charge in [0.1, 0.15) is 5.92 Å². The van der Waals surface area contributed by atoms with Gasteiger partial charge in [0.05, 0.1) is 10.2 Å². The summed E-state index contributed by atoms with van der Waals surface area (Å²) in [6.07, 6.45) is 0.793. The van der Waals surface area contributed by atoms with Crippen molar-refractivity contribution in [3.8, 4) is 0 Å². The van der Waals surface area contributed by atoms with Gasteiger partial charge in [0.15, 0.2) is 5.15 Å². The fraction of sp³-hybridized carbons (Fsp3) is 0.389. The normalized spacial score (nSPS) is 19.9. The molecule has 1 aliphatic heterocycles. The smallest absolute Gasteiger partial charge is 0.237 e. The third-order valence-electron chi connectivity index (χ3n) is 4.80. The monoisotopic (exact) mass is 438 g/mol. The number of hydrogen-bond acceptors (Lipinski definition) is 3. The van der Waals surface area contributed by atoms with Crippen LogP contribution >= 0.6 is 27.5 Å². The number of rotatable bonds is 4. The first-order chi connectivity index (χ1) is 12.3. The minimum atomic E-state index is -0.826. The summed E-state index contributed by atoms with van der Waals surface area (Å²) in [6, 6.07) is 7.62. The lowest BCUT2D eigenvalue weighted by atomic mass is 9.91. The van der Waals surface area contributed by atoms with Crippen molar-refractivity contribution in [1.29, 1.82) is 0 Å². The molecule has 1 aromatic carbocycles. The van der Waals surface area contributed by atoms with E-state index < -0.39 is 5.92 Å². The summed E-state index contributed by atoms with van der Waals surface area (Å²) in [5.74, 6) is -1.67. The lowest BCUT2D eigenvalue weighted by molar-refractivity contribution is -0.135. The van der Waals surface area contributed by atoms with Gasteiger partial charge in [0.2, 0.25) is 11.8 Å². The molecule has 1 aromatic heterocycles. The van der Waals surface area contributed by atoms with Gasteiger partial charge in [-0.2, -0.15) is 5.10 Å². The minimum Gasteiger partial charge on any atom is -0.344 e. The van der Waals surface area contributed by atoms with Gasteiger partial charge in [0.25, 0.3) is 0 Å². The SMILES string of the molecule is CCc1ccccc1NC(=O)[C@H]1C(=O)N(C)C[C@@H]1c1c(Br)c(Cl)nn1C. The van der Waals surface area contributed by atoms with Gasteiger partial charge in [-0.1, -0.05) is 36.7 Å². The molecule has 2 heterocycles. The van der Waals surface area contributed by atoms with Gasteiger partial charge in [0, 0.05) is 32.2 Å². The average molecular weight is 440 g/mol. The maximum Gasteiger partial charge on any atom is 0.237 e. The van der Waals surface area contributed by atoms with Crippen LogP contribution in [0.4, 0.5) is 5.69 Å². The highest BCUT2D eigenvalue weighted by molar-refractivity contribution is 9.10. The van der Waals surface area contributed by atoms with Crippen LogP contribution in [-0.4, -0.2) is 40.1 Å². The van der Waals surface area contributed by atoms with Crippen LogP contribution in [0.3, 0.4) is 0 Å². The summed E-state index contributed by atoms with van der Waals surface area (Å²) in [7, 11) is 3.46. The third-order valence-corrected chi connectivity index (χ3v) is 6.07. The predicted octanol–water partition coefficient (Wildman–Crippen LogP) is 3.21. The predicted molar refractivity (Wildman–Crippen MR) is 104 cm³/mol. The Balaban J connectivity index is 1.95. The second-order valence-electron chi connectivity index (χ2n) is 6.42. The fourth-order valence-corrected chi connectivity index (χ4v) is 4.32. The molecule has 2 amide bonds. The maximum atomic E-state index is 13.0. The van der Waals surface area contributed by atoms with E-state index >= 15 is 0 Å². The van der Waals surface area contributed by atoms with Crippen LogP contribution in [0.25, 0.3) is 0 Å². The molecule has 0 bridgehead atoms. The van der Waals surface area contributed by atoms with Crippen LogP contribution in [0.1, 0.15) is 24.1 Å². The van der Waals surface area contributed by atoms with Crippen molar-refractivity contribution in [3.05, 3.63) is 45.1 Å². The molecule has 1 aliphatic rings. The Morgan fingerprint density at radius 3 is 2.69 bits per heavy atom. The Morgan fingerprint density at radius 1 is 1.38 bits per heavy atom. The summed E-state index contributed by atoms with van der Waals surface area (Å²) < 4.78 is 2.26. The van der Waals surface area contributed by atoms with E-state index in [1.54, 1.807) is 23.7 Å². The molecule has 8 heteroatoms. The minimum absolute atomic E-state index is 0.203. The topological polar surface area (TPSA) is 67.2 Å². The van der Waals surface area contributed by atoms with Crippen molar-refractivity contribution in [3.63, 3.8) is 0 Å². The number of carbonyl (C=O) groups excluding carboxylic acids is 2. The summed E-state index contributed by atoms with van der Waals surface area (Å²) >= 11 is 9.54. The Bertz CT molecular complexity index is 867. The number of carbonyl (C=O) groups is 2. The molecule has 0 radical (unpaired) electrons. The lowest BCUT2D eigenvalue weighted by Gasteiger charge is -2.18. The van der Waals surface area contributed by atoms with Crippen LogP contribution < -0.4 is 5.32 Å². The van der Waals surface area contributed by atoms with Gasteiger partial charge >= 0.3 is 0 Å². The molecule has 0 saturated carbocycles. The molecule has 0 unspecified atom stereocenters. The van der Waals surface area contributed by atoms with Gasteiger partial charge in [-0.25, -0.2) is 0 Å². The second-order valence-corrected chi connectivity index (χ2v) is 7.57. The van der Waals surface area contributed by atoms with Gasteiger partial charge in [-0.05, 0) is 34.0 Å². The third kappa shape index (κ3) is 3.25. The largest absolute Gasteiger partial charge is 0.344 e. The average Bonchev–Trinajstić information content (AvgIpc) is 3.03. The van der Waals surface area contributed by atoms with Crippen molar-refractivity contribution in [2.24, 2.45) is 13.0 Å². The molecular weight excluding hydrogens is 420 g/mol. The number of halogens is 2. The molecule has 2 aromatic rings. The number of hydrogen-bond donors (Lipinski definition) is 1. The molecule has 1 N–H and O–H groups in total. The molecule has 6 nitrogen and oxygen atoms in total. The number of likely N-dealkylation sites (N-methyl/N-ethyl adjacent to an activating group) is 1. The molecule has 0 spiro atoms. The zero-order valence-corrected chi connectivity index (χ0v) is 17.1. The van der Waals surface area contributed by atoms with Gasteiger partial charge < -0.3 is 10.2 Å². The highest BCUT2D eigenvalue weighted by Crippen LogP contribution is 2.39. The molecule has 3 rings (SSSR count). The van der Waals surface area contributed by atoms with Gasteiger partial charge in [-0.15, -0.1) is 0 Å². The first-order valence-corrected chi connectivity index (χ1v) is 9.53. The number of nitrogens with one attached hydrogen (secondary N) is 1. The number of amides is 2. The molecular formula is C18H20BrClN4O2. The summed E-state index contributed by atoms with van der Waals surface area (Å²) in [5, 5.41) is 7.44. The molecule has 138 valence electrons. The number of para-hydroxylation sites is 1. The van der Waals surface area contributed by atoms with E-state index in [-0.39, 0.29) is 17.7 Å². The summed E-state index contributed by atoms with van der Waals surface area (Å²) in [4.78, 5) is 27.3. The van der Waals surface area contributed by atoms with Crippen LogP contribution in [0.5, 0.6) is 0 Å². The maximum absolute atomic E-state index is 13.0. The van der Waals surface area contributed by atoms with E-state index in [4.69, 9.17) is 11.6 Å². The number of anilines is 1. The standard InChI is InChI=1S/C18H20BrClN4O2/c1-4-10-7-5-6-8-12(10)21-17(25)13-11(9-23(2)18(13)26)15-14(19)16(20)22-24(15)3/h5-8,11,13H,4,9H2,1-3H3,(H,21,25)/t11-,13-/m0/s1. The van der Waals surface area contributed by atoms with E-state index in [0.29, 0.717) is 16.2 Å². The Labute approximate surface area is 165 Å². The lowest BCUT2D eigenvalue weighted by Crippen LogP contribution is -2.33. The highest BCUT2D eigenvalue weighted by atomic mass is 79.9. The zero-order valence-electron chi connectivity index (χ0n) is 14.8. The molecule has 2 atom stereocenters. The van der Waals surface area contributed by atoms with Crippen molar-refractivity contribution in [1.82, 2.24) is 14.7 Å². The van der Waals surface area contributed by atoms with Crippen LogP contribution in [0.15, 0.2) is 28.7 Å². The molecule has 26 heavy (non-hydrogen) atoms. The highest BCUT2D eigenvalue weighted by Gasteiger charge is 2.46.